The maximum atomic E-state index is 3.43. The summed E-state index contributed by atoms with van der Waals surface area (Å²) in [4.78, 5) is 0. The molecule has 0 atom stereocenters. The Morgan fingerprint density at radius 3 is 2.53 bits per heavy atom. The van der Waals surface area contributed by atoms with Crippen LogP contribution >= 0.6 is 15.9 Å². The van der Waals surface area contributed by atoms with Crippen LogP contribution in [0.25, 0.3) is 17.2 Å². The Morgan fingerprint density at radius 2 is 1.74 bits per heavy atom. The van der Waals surface area contributed by atoms with E-state index in [2.05, 4.69) is 84.4 Å². The molecule has 0 amide bonds. The third-order valence-corrected chi connectivity index (χ3v) is 4.38. The van der Waals surface area contributed by atoms with Gasteiger partial charge in [0.05, 0.1) is 0 Å². The first-order chi connectivity index (χ1) is 9.14. The molecule has 0 spiro atoms. The first-order valence-electron chi connectivity index (χ1n) is 6.61. The van der Waals surface area contributed by atoms with Gasteiger partial charge in [0, 0.05) is 10.7 Å². The number of rotatable bonds is 2. The minimum atomic E-state index is 0.101. The van der Waals surface area contributed by atoms with E-state index in [0.29, 0.717) is 0 Å². The van der Waals surface area contributed by atoms with Gasteiger partial charge in [-0.3, -0.25) is 0 Å². The lowest BCUT2D eigenvalue weighted by molar-refractivity contribution is 0.660. The largest absolute Gasteiger partial charge is 0.0883 e. The monoisotopic (exact) mass is 312 g/mol. The van der Waals surface area contributed by atoms with E-state index in [0.717, 1.165) is 5.33 Å². The van der Waals surface area contributed by atoms with Crippen LogP contribution in [0.15, 0.2) is 48.5 Å². The molecule has 3 rings (SSSR count). The van der Waals surface area contributed by atoms with Crippen molar-refractivity contribution in [2.45, 2.75) is 19.3 Å². The average Bonchev–Trinajstić information content (AvgIpc) is 2.66. The maximum absolute atomic E-state index is 3.43. The average molecular weight is 313 g/mol. The lowest BCUT2D eigenvalue weighted by Gasteiger charge is -2.21. The van der Waals surface area contributed by atoms with Gasteiger partial charge < -0.3 is 0 Å². The highest BCUT2D eigenvalue weighted by molar-refractivity contribution is 9.09. The van der Waals surface area contributed by atoms with E-state index in [4.69, 9.17) is 0 Å². The fraction of sp³-hybridized carbons (Fsp3) is 0.222. The van der Waals surface area contributed by atoms with E-state index in [9.17, 15) is 0 Å². The summed E-state index contributed by atoms with van der Waals surface area (Å²) >= 11 is 3.43. The summed E-state index contributed by atoms with van der Waals surface area (Å²) in [5.41, 5.74) is 7.02. The molecular weight excluding hydrogens is 296 g/mol. The molecule has 96 valence electrons. The van der Waals surface area contributed by atoms with Gasteiger partial charge in [-0.05, 0) is 27.8 Å². The molecule has 1 heteroatoms. The van der Waals surface area contributed by atoms with E-state index in [-0.39, 0.29) is 5.41 Å². The number of halogens is 1. The third kappa shape index (κ3) is 1.97. The van der Waals surface area contributed by atoms with Gasteiger partial charge in [-0.2, -0.15) is 0 Å². The molecule has 0 heterocycles. The summed E-state index contributed by atoms with van der Waals surface area (Å²) in [5, 5.41) is 0.897. The number of hydrogen-bond donors (Lipinski definition) is 0. The summed E-state index contributed by atoms with van der Waals surface area (Å²) < 4.78 is 0. The highest BCUT2D eigenvalue weighted by Crippen LogP contribution is 2.48. The zero-order valence-electron chi connectivity index (χ0n) is 11.3. The molecule has 1 aliphatic carbocycles. The van der Waals surface area contributed by atoms with Crippen molar-refractivity contribution in [2.75, 3.05) is 5.33 Å². The summed E-state index contributed by atoms with van der Waals surface area (Å²) in [6, 6.07) is 15.5. The molecule has 0 saturated carbocycles. The van der Waals surface area contributed by atoms with Crippen molar-refractivity contribution >= 4 is 22.0 Å². The Labute approximate surface area is 123 Å². The smallest absolute Gasteiger partial charge is 0.0215 e. The second-order valence-corrected chi connectivity index (χ2v) is 6.18. The van der Waals surface area contributed by atoms with Crippen LogP contribution in [-0.2, 0) is 5.41 Å². The van der Waals surface area contributed by atoms with Gasteiger partial charge >= 0.3 is 0 Å². The zero-order valence-corrected chi connectivity index (χ0v) is 12.9. The van der Waals surface area contributed by atoms with Crippen LogP contribution in [0.1, 0.15) is 30.5 Å². The van der Waals surface area contributed by atoms with Crippen LogP contribution < -0.4 is 0 Å². The lowest BCUT2D eigenvalue weighted by atomic mass is 9.82. The molecule has 2 aromatic rings. The highest BCUT2D eigenvalue weighted by atomic mass is 79.9. The van der Waals surface area contributed by atoms with Crippen molar-refractivity contribution < 1.29 is 0 Å². The Bertz CT molecular complexity index is 650. The Kier molecular flexibility index (Phi) is 3.10. The van der Waals surface area contributed by atoms with Crippen molar-refractivity contribution in [2.24, 2.45) is 0 Å². The van der Waals surface area contributed by atoms with Crippen molar-refractivity contribution in [1.82, 2.24) is 0 Å². The molecular formula is C18H17Br. The van der Waals surface area contributed by atoms with Gasteiger partial charge in [0.25, 0.3) is 0 Å². The quantitative estimate of drug-likeness (QED) is 0.651. The molecule has 0 saturated heterocycles. The second kappa shape index (κ2) is 4.64. The Hall–Kier alpha value is -1.34. The lowest BCUT2D eigenvalue weighted by Crippen LogP contribution is -2.14. The van der Waals surface area contributed by atoms with Crippen LogP contribution in [0.4, 0.5) is 0 Å². The van der Waals surface area contributed by atoms with Crippen molar-refractivity contribution in [3.63, 3.8) is 0 Å². The molecule has 0 aromatic heterocycles. The fourth-order valence-corrected chi connectivity index (χ4v) is 3.19. The standard InChI is InChI=1S/C18H17Br/c1-18(2)16-8-4-3-7-14(16)15-10-9-13(6-5-11-19)12-17(15)18/h3-10,12H,11H2,1-2H3. The van der Waals surface area contributed by atoms with Crippen molar-refractivity contribution in [3.05, 3.63) is 65.2 Å². The van der Waals surface area contributed by atoms with Crippen molar-refractivity contribution in [3.8, 4) is 11.1 Å². The summed E-state index contributed by atoms with van der Waals surface area (Å²) in [6.07, 6.45) is 4.31. The van der Waals surface area contributed by atoms with Gasteiger partial charge in [-0.15, -0.1) is 0 Å². The van der Waals surface area contributed by atoms with Gasteiger partial charge in [-0.1, -0.05) is 84.4 Å². The molecule has 0 nitrogen and oxygen atoms in total. The second-order valence-electron chi connectivity index (χ2n) is 5.53. The van der Waals surface area contributed by atoms with E-state index in [1.807, 2.05) is 0 Å². The Morgan fingerprint density at radius 1 is 1.00 bits per heavy atom. The predicted octanol–water partition coefficient (Wildman–Crippen LogP) is 5.40. The molecule has 0 fully saturated rings. The minimum Gasteiger partial charge on any atom is -0.0883 e. The van der Waals surface area contributed by atoms with Gasteiger partial charge in [-0.25, -0.2) is 0 Å². The first kappa shape index (κ1) is 12.7. The van der Waals surface area contributed by atoms with E-state index >= 15 is 0 Å². The van der Waals surface area contributed by atoms with Gasteiger partial charge in [0.2, 0.25) is 0 Å². The number of allylic oxidation sites excluding steroid dienone is 1. The molecule has 0 unspecified atom stereocenters. The van der Waals surface area contributed by atoms with Crippen LogP contribution in [0.5, 0.6) is 0 Å². The number of benzene rings is 2. The van der Waals surface area contributed by atoms with Crippen LogP contribution in [-0.4, -0.2) is 5.33 Å². The molecule has 0 aliphatic heterocycles. The first-order valence-corrected chi connectivity index (χ1v) is 7.73. The minimum absolute atomic E-state index is 0.101. The number of hydrogen-bond acceptors (Lipinski definition) is 0. The number of alkyl halides is 1. The predicted molar refractivity (Wildman–Crippen MR) is 86.8 cm³/mol. The molecule has 1 aliphatic rings. The van der Waals surface area contributed by atoms with Crippen LogP contribution in [0.2, 0.25) is 0 Å². The normalized spacial score (nSPS) is 15.5. The molecule has 2 aromatic carbocycles. The molecule has 0 bridgehead atoms. The SMILES string of the molecule is CC1(C)c2ccccc2-c2ccc(C=CCBr)cc21. The summed E-state index contributed by atoms with van der Waals surface area (Å²) in [5.74, 6) is 0. The van der Waals surface area contributed by atoms with Gasteiger partial charge in [0.1, 0.15) is 0 Å². The molecule has 0 N–H and O–H groups in total. The van der Waals surface area contributed by atoms with Crippen LogP contribution in [0.3, 0.4) is 0 Å². The zero-order chi connectivity index (χ0) is 13.5. The van der Waals surface area contributed by atoms with E-state index in [1.54, 1.807) is 0 Å². The summed E-state index contributed by atoms with van der Waals surface area (Å²) in [6.45, 7) is 4.63. The topological polar surface area (TPSA) is 0 Å². The third-order valence-electron chi connectivity index (χ3n) is 4.01. The Balaban J connectivity index is 2.18. The number of fused-ring (bicyclic) bond motifs is 3. The molecule has 19 heavy (non-hydrogen) atoms. The van der Waals surface area contributed by atoms with Crippen molar-refractivity contribution in [1.29, 1.82) is 0 Å². The van der Waals surface area contributed by atoms with E-state index < -0.39 is 0 Å². The van der Waals surface area contributed by atoms with Crippen LogP contribution in [0, 0.1) is 0 Å². The summed E-state index contributed by atoms with van der Waals surface area (Å²) in [7, 11) is 0. The fourth-order valence-electron chi connectivity index (χ4n) is 3.01. The van der Waals surface area contributed by atoms with Gasteiger partial charge in [0.15, 0.2) is 0 Å². The highest BCUT2D eigenvalue weighted by Gasteiger charge is 2.34. The maximum Gasteiger partial charge on any atom is 0.0215 e. The molecule has 0 radical (unpaired) electrons. The van der Waals surface area contributed by atoms with E-state index in [1.165, 1.54) is 27.8 Å².